The number of anilines is 1. The lowest BCUT2D eigenvalue weighted by atomic mass is 10.4. The molecule has 0 aromatic carbocycles. The standard InChI is InChI=1S/C11H16N6O2/c1-7(2)17-5-8(4-15-17)19-11-9(18-3)10(16-12)13-6-14-11/h4-7H,12H2,1-3H3,(H,13,14,16). The summed E-state index contributed by atoms with van der Waals surface area (Å²) in [4.78, 5) is 7.95. The molecule has 2 aromatic rings. The Labute approximate surface area is 110 Å². The molecule has 0 bridgehead atoms. The Balaban J connectivity index is 2.27. The highest BCUT2D eigenvalue weighted by atomic mass is 16.5. The van der Waals surface area contributed by atoms with E-state index in [0.29, 0.717) is 17.3 Å². The Morgan fingerprint density at radius 3 is 2.74 bits per heavy atom. The maximum Gasteiger partial charge on any atom is 0.268 e. The molecule has 0 amide bonds. The average Bonchev–Trinajstić information content (AvgIpc) is 2.87. The van der Waals surface area contributed by atoms with Crippen LogP contribution in [0.15, 0.2) is 18.7 Å². The van der Waals surface area contributed by atoms with Crippen molar-refractivity contribution in [1.82, 2.24) is 19.7 Å². The van der Waals surface area contributed by atoms with E-state index in [9.17, 15) is 0 Å². The second kappa shape index (κ2) is 5.53. The predicted octanol–water partition coefficient (Wildman–Crippen LogP) is 1.34. The molecule has 2 rings (SSSR count). The van der Waals surface area contributed by atoms with Crippen LogP contribution in [-0.2, 0) is 0 Å². The topological polar surface area (TPSA) is 100 Å². The highest BCUT2D eigenvalue weighted by Crippen LogP contribution is 2.33. The van der Waals surface area contributed by atoms with Crippen molar-refractivity contribution in [2.45, 2.75) is 19.9 Å². The zero-order valence-corrected chi connectivity index (χ0v) is 11.0. The molecule has 8 nitrogen and oxygen atoms in total. The third kappa shape index (κ3) is 2.74. The van der Waals surface area contributed by atoms with Gasteiger partial charge in [-0.25, -0.2) is 10.8 Å². The number of nitrogens with two attached hydrogens (primary N) is 1. The smallest absolute Gasteiger partial charge is 0.268 e. The summed E-state index contributed by atoms with van der Waals surface area (Å²) in [6.45, 7) is 4.05. The van der Waals surface area contributed by atoms with Gasteiger partial charge in [-0.3, -0.25) is 4.68 Å². The number of aromatic nitrogens is 4. The summed E-state index contributed by atoms with van der Waals surface area (Å²) < 4.78 is 12.6. The van der Waals surface area contributed by atoms with Gasteiger partial charge in [0.2, 0.25) is 5.75 Å². The van der Waals surface area contributed by atoms with Crippen LogP contribution >= 0.6 is 0 Å². The van der Waals surface area contributed by atoms with Crippen LogP contribution in [0.1, 0.15) is 19.9 Å². The zero-order chi connectivity index (χ0) is 13.8. The number of ether oxygens (including phenoxy) is 2. The SMILES string of the molecule is COc1c(NN)ncnc1Oc1cnn(C(C)C)c1. The van der Waals surface area contributed by atoms with Gasteiger partial charge in [0.1, 0.15) is 6.33 Å². The van der Waals surface area contributed by atoms with Gasteiger partial charge in [0.25, 0.3) is 5.88 Å². The summed E-state index contributed by atoms with van der Waals surface area (Å²) in [5.41, 5.74) is 2.42. The van der Waals surface area contributed by atoms with Crippen LogP contribution in [0, 0.1) is 0 Å². The van der Waals surface area contributed by atoms with E-state index < -0.39 is 0 Å². The van der Waals surface area contributed by atoms with E-state index in [1.807, 2.05) is 13.8 Å². The number of hydrogen-bond donors (Lipinski definition) is 2. The summed E-state index contributed by atoms with van der Waals surface area (Å²) in [6.07, 6.45) is 4.72. The quantitative estimate of drug-likeness (QED) is 0.620. The largest absolute Gasteiger partial charge is 0.489 e. The van der Waals surface area contributed by atoms with Crippen molar-refractivity contribution in [3.05, 3.63) is 18.7 Å². The number of methoxy groups -OCH3 is 1. The van der Waals surface area contributed by atoms with Crippen molar-refractivity contribution in [2.75, 3.05) is 12.5 Å². The molecule has 3 N–H and O–H groups in total. The molecular weight excluding hydrogens is 248 g/mol. The first-order valence-electron chi connectivity index (χ1n) is 5.73. The second-order valence-electron chi connectivity index (χ2n) is 4.06. The maximum atomic E-state index is 5.62. The molecule has 0 fully saturated rings. The van der Waals surface area contributed by atoms with E-state index in [4.69, 9.17) is 15.3 Å². The average molecular weight is 264 g/mol. The fourth-order valence-corrected chi connectivity index (χ4v) is 1.48. The van der Waals surface area contributed by atoms with E-state index in [1.165, 1.54) is 13.4 Å². The fourth-order valence-electron chi connectivity index (χ4n) is 1.48. The molecule has 0 aliphatic carbocycles. The first-order valence-corrected chi connectivity index (χ1v) is 5.73. The lowest BCUT2D eigenvalue weighted by molar-refractivity contribution is 0.368. The van der Waals surface area contributed by atoms with Crippen molar-refractivity contribution < 1.29 is 9.47 Å². The summed E-state index contributed by atoms with van der Waals surface area (Å²) >= 11 is 0. The van der Waals surface area contributed by atoms with Gasteiger partial charge in [-0.2, -0.15) is 10.1 Å². The van der Waals surface area contributed by atoms with Crippen molar-refractivity contribution >= 4 is 5.82 Å². The third-order valence-electron chi connectivity index (χ3n) is 2.43. The molecule has 0 aliphatic rings. The second-order valence-corrected chi connectivity index (χ2v) is 4.06. The minimum Gasteiger partial charge on any atom is -0.489 e. The van der Waals surface area contributed by atoms with Gasteiger partial charge < -0.3 is 14.9 Å². The minimum atomic E-state index is 0.255. The molecule has 0 unspecified atom stereocenters. The van der Waals surface area contributed by atoms with E-state index in [0.717, 1.165) is 0 Å². The lowest BCUT2D eigenvalue weighted by Crippen LogP contribution is -2.10. The first-order chi connectivity index (χ1) is 9.15. The van der Waals surface area contributed by atoms with Crippen LogP contribution in [-0.4, -0.2) is 26.9 Å². The molecule has 2 heterocycles. The van der Waals surface area contributed by atoms with Gasteiger partial charge in [0, 0.05) is 6.04 Å². The summed E-state index contributed by atoms with van der Waals surface area (Å²) in [5, 5.41) is 4.18. The Hall–Kier alpha value is -2.35. The zero-order valence-electron chi connectivity index (χ0n) is 11.0. The lowest BCUT2D eigenvalue weighted by Gasteiger charge is -2.10. The molecule has 0 radical (unpaired) electrons. The number of nitrogens with zero attached hydrogens (tertiary/aromatic N) is 4. The molecule has 0 spiro atoms. The maximum absolute atomic E-state index is 5.62. The van der Waals surface area contributed by atoms with E-state index in [2.05, 4.69) is 20.5 Å². The number of nitrogen functional groups attached to an aromatic ring is 1. The molecular formula is C11H16N6O2. The molecule has 102 valence electrons. The third-order valence-corrected chi connectivity index (χ3v) is 2.43. The van der Waals surface area contributed by atoms with Gasteiger partial charge in [-0.1, -0.05) is 0 Å². The predicted molar refractivity (Wildman–Crippen MR) is 69.1 cm³/mol. The highest BCUT2D eigenvalue weighted by molar-refractivity contribution is 5.54. The van der Waals surface area contributed by atoms with Crippen LogP contribution in [0.3, 0.4) is 0 Å². The monoisotopic (exact) mass is 264 g/mol. The number of nitrogens with one attached hydrogen (secondary N) is 1. The van der Waals surface area contributed by atoms with Crippen LogP contribution in [0.5, 0.6) is 17.4 Å². The Bertz CT molecular complexity index is 554. The highest BCUT2D eigenvalue weighted by Gasteiger charge is 2.14. The van der Waals surface area contributed by atoms with E-state index in [-0.39, 0.29) is 11.9 Å². The van der Waals surface area contributed by atoms with Gasteiger partial charge in [0.05, 0.1) is 19.5 Å². The van der Waals surface area contributed by atoms with Gasteiger partial charge >= 0.3 is 0 Å². The fraction of sp³-hybridized carbons (Fsp3) is 0.364. The van der Waals surface area contributed by atoms with Gasteiger partial charge in [-0.15, -0.1) is 0 Å². The molecule has 19 heavy (non-hydrogen) atoms. The van der Waals surface area contributed by atoms with Crippen molar-refractivity contribution in [3.63, 3.8) is 0 Å². The number of hydrogen-bond acceptors (Lipinski definition) is 7. The normalized spacial score (nSPS) is 10.6. The molecule has 0 aliphatic heterocycles. The molecule has 0 saturated heterocycles. The molecule has 8 heteroatoms. The van der Waals surface area contributed by atoms with Crippen LogP contribution in [0.4, 0.5) is 5.82 Å². The first kappa shape index (κ1) is 13.1. The summed E-state index contributed by atoms with van der Waals surface area (Å²) in [5.74, 6) is 6.86. The van der Waals surface area contributed by atoms with Crippen molar-refractivity contribution in [2.24, 2.45) is 5.84 Å². The molecule has 0 saturated carbocycles. The summed E-state index contributed by atoms with van der Waals surface area (Å²) in [7, 11) is 1.49. The number of rotatable bonds is 5. The molecule has 0 atom stereocenters. The minimum absolute atomic E-state index is 0.255. The van der Waals surface area contributed by atoms with E-state index in [1.54, 1.807) is 17.1 Å². The Morgan fingerprint density at radius 1 is 1.37 bits per heavy atom. The summed E-state index contributed by atoms with van der Waals surface area (Å²) in [6, 6.07) is 0.255. The van der Waals surface area contributed by atoms with Gasteiger partial charge in [0.15, 0.2) is 11.6 Å². The Kier molecular flexibility index (Phi) is 3.81. The van der Waals surface area contributed by atoms with Crippen LogP contribution < -0.4 is 20.7 Å². The van der Waals surface area contributed by atoms with E-state index >= 15 is 0 Å². The Morgan fingerprint density at radius 2 is 2.16 bits per heavy atom. The van der Waals surface area contributed by atoms with Crippen molar-refractivity contribution in [3.8, 4) is 17.4 Å². The van der Waals surface area contributed by atoms with Gasteiger partial charge in [-0.05, 0) is 13.8 Å². The van der Waals surface area contributed by atoms with Crippen LogP contribution in [0.2, 0.25) is 0 Å². The number of hydrazine groups is 1. The van der Waals surface area contributed by atoms with Crippen molar-refractivity contribution in [1.29, 1.82) is 0 Å². The molecule has 2 aromatic heterocycles. The van der Waals surface area contributed by atoms with Crippen LogP contribution in [0.25, 0.3) is 0 Å².